The first-order valence-electron chi connectivity index (χ1n) is 12.0. The fraction of sp³-hybridized carbons (Fsp3) is 0.464. The predicted molar refractivity (Wildman–Crippen MR) is 141 cm³/mol. The number of amides is 2. The van der Waals surface area contributed by atoms with E-state index in [1.165, 1.54) is 16.1 Å². The molecule has 0 aliphatic carbocycles. The summed E-state index contributed by atoms with van der Waals surface area (Å²) in [6.45, 7) is 10.8. The van der Waals surface area contributed by atoms with E-state index in [1.807, 2.05) is 51.1 Å². The quantitative estimate of drug-likeness (QED) is 0.480. The van der Waals surface area contributed by atoms with E-state index >= 15 is 0 Å². The Labute approximate surface area is 213 Å². The van der Waals surface area contributed by atoms with Crippen LogP contribution in [0.5, 0.6) is 0 Å². The molecule has 0 radical (unpaired) electrons. The molecule has 7 heteroatoms. The molecule has 6 nitrogen and oxygen atoms in total. The summed E-state index contributed by atoms with van der Waals surface area (Å²) in [4.78, 5) is 28.2. The van der Waals surface area contributed by atoms with Crippen LogP contribution in [-0.4, -0.2) is 54.2 Å². The van der Waals surface area contributed by atoms with Gasteiger partial charge in [0, 0.05) is 31.5 Å². The molecule has 0 saturated heterocycles. The second kappa shape index (κ2) is 11.4. The molecule has 2 aromatic carbocycles. The van der Waals surface area contributed by atoms with Crippen molar-refractivity contribution in [3.8, 4) is 0 Å². The zero-order valence-corrected chi connectivity index (χ0v) is 22.4. The standard InChI is InChI=1S/C28H36ClN3O3/c1-19-7-8-22(15-20(19)2)24-16-25(21-9-11-23(29)12-10-21)32(30-24)27(34)18-31(13-14-35-6)26(33)17-28(3,4)5/h7-12,15,25H,13-14,16-18H2,1-6H3/t25-/m1/s1. The van der Waals surface area contributed by atoms with Crippen molar-refractivity contribution in [1.82, 2.24) is 9.91 Å². The third kappa shape index (κ3) is 7.15. The van der Waals surface area contributed by atoms with Crippen molar-refractivity contribution in [2.24, 2.45) is 10.5 Å². The van der Waals surface area contributed by atoms with Crippen LogP contribution < -0.4 is 0 Å². The van der Waals surface area contributed by atoms with Crippen LogP contribution >= 0.6 is 11.6 Å². The van der Waals surface area contributed by atoms with E-state index < -0.39 is 0 Å². The highest BCUT2D eigenvalue weighted by Crippen LogP contribution is 2.34. The van der Waals surface area contributed by atoms with Crippen LogP contribution in [0.4, 0.5) is 0 Å². The Morgan fingerprint density at radius 1 is 1.11 bits per heavy atom. The number of ether oxygens (including phenoxy) is 1. The summed E-state index contributed by atoms with van der Waals surface area (Å²) in [5, 5.41) is 6.95. The maximum atomic E-state index is 13.6. The van der Waals surface area contributed by atoms with E-state index in [0.717, 1.165) is 16.8 Å². The molecule has 1 atom stereocenters. The second-order valence-electron chi connectivity index (χ2n) is 10.4. The monoisotopic (exact) mass is 497 g/mol. The molecular weight excluding hydrogens is 462 g/mol. The lowest BCUT2D eigenvalue weighted by Gasteiger charge is -2.29. The topological polar surface area (TPSA) is 62.2 Å². The van der Waals surface area contributed by atoms with Crippen molar-refractivity contribution >= 4 is 29.1 Å². The first kappa shape index (κ1) is 26.9. The van der Waals surface area contributed by atoms with Gasteiger partial charge in [-0.25, -0.2) is 5.01 Å². The number of halogens is 1. The van der Waals surface area contributed by atoms with E-state index in [2.05, 4.69) is 26.0 Å². The number of hydrogen-bond donors (Lipinski definition) is 0. The van der Waals surface area contributed by atoms with Crippen molar-refractivity contribution in [3.63, 3.8) is 0 Å². The van der Waals surface area contributed by atoms with Gasteiger partial charge in [-0.3, -0.25) is 9.59 Å². The Balaban J connectivity index is 1.91. The lowest BCUT2D eigenvalue weighted by atomic mass is 9.91. The molecule has 1 aliphatic heterocycles. The van der Waals surface area contributed by atoms with Gasteiger partial charge in [-0.2, -0.15) is 5.10 Å². The van der Waals surface area contributed by atoms with E-state index in [4.69, 9.17) is 21.4 Å². The summed E-state index contributed by atoms with van der Waals surface area (Å²) in [6, 6.07) is 13.5. The van der Waals surface area contributed by atoms with Gasteiger partial charge in [0.1, 0.15) is 6.54 Å². The molecule has 0 N–H and O–H groups in total. The van der Waals surface area contributed by atoms with Crippen LogP contribution in [0.3, 0.4) is 0 Å². The minimum absolute atomic E-state index is 0.0495. The van der Waals surface area contributed by atoms with Crippen molar-refractivity contribution in [2.45, 2.75) is 53.5 Å². The van der Waals surface area contributed by atoms with Crippen LogP contribution in [0.15, 0.2) is 47.6 Å². The Kier molecular flexibility index (Phi) is 8.73. The highest BCUT2D eigenvalue weighted by molar-refractivity contribution is 6.30. The molecule has 3 rings (SSSR count). The minimum atomic E-state index is -0.265. The lowest BCUT2D eigenvalue weighted by molar-refractivity contribution is -0.143. The van der Waals surface area contributed by atoms with Crippen LogP contribution in [0.25, 0.3) is 0 Å². The summed E-state index contributed by atoms with van der Waals surface area (Å²) in [5.41, 5.74) is 5.01. The number of rotatable bonds is 8. The van der Waals surface area contributed by atoms with Crippen molar-refractivity contribution in [1.29, 1.82) is 0 Å². The molecular formula is C28H36ClN3O3. The number of hydrogen-bond acceptors (Lipinski definition) is 4. The lowest BCUT2D eigenvalue weighted by Crippen LogP contribution is -2.43. The van der Waals surface area contributed by atoms with E-state index in [-0.39, 0.29) is 29.8 Å². The molecule has 35 heavy (non-hydrogen) atoms. The van der Waals surface area contributed by atoms with Gasteiger partial charge in [-0.15, -0.1) is 0 Å². The van der Waals surface area contributed by atoms with Crippen LogP contribution in [0.2, 0.25) is 5.02 Å². The van der Waals surface area contributed by atoms with Gasteiger partial charge in [0.2, 0.25) is 5.91 Å². The first-order chi connectivity index (χ1) is 16.5. The molecule has 1 aliphatic rings. The maximum absolute atomic E-state index is 13.6. The van der Waals surface area contributed by atoms with E-state index in [9.17, 15) is 9.59 Å². The minimum Gasteiger partial charge on any atom is -0.383 e. The van der Waals surface area contributed by atoms with Crippen molar-refractivity contribution < 1.29 is 14.3 Å². The van der Waals surface area contributed by atoms with Gasteiger partial charge in [0.25, 0.3) is 5.91 Å². The fourth-order valence-corrected chi connectivity index (χ4v) is 4.20. The molecule has 0 saturated carbocycles. The number of carbonyl (C=O) groups is 2. The number of methoxy groups -OCH3 is 1. The van der Waals surface area contributed by atoms with Crippen molar-refractivity contribution in [2.75, 3.05) is 26.8 Å². The summed E-state index contributed by atoms with van der Waals surface area (Å²) in [6.07, 6.45) is 0.936. The largest absolute Gasteiger partial charge is 0.383 e. The Morgan fingerprint density at radius 2 is 1.80 bits per heavy atom. The van der Waals surface area contributed by atoms with Crippen LogP contribution in [0, 0.1) is 19.3 Å². The Bertz CT molecular complexity index is 1090. The van der Waals surface area contributed by atoms with Gasteiger partial charge < -0.3 is 9.64 Å². The molecule has 0 fully saturated rings. The molecule has 2 amide bonds. The average molecular weight is 498 g/mol. The summed E-state index contributed by atoms with van der Waals surface area (Å²) in [5.74, 6) is -0.286. The van der Waals surface area contributed by atoms with Gasteiger partial charge in [-0.05, 0) is 59.7 Å². The van der Waals surface area contributed by atoms with Gasteiger partial charge in [0.15, 0.2) is 0 Å². The maximum Gasteiger partial charge on any atom is 0.262 e. The third-order valence-corrected chi connectivity index (χ3v) is 6.44. The normalized spacial score (nSPS) is 15.8. The Morgan fingerprint density at radius 3 is 2.40 bits per heavy atom. The number of benzene rings is 2. The number of hydrazone groups is 1. The van der Waals surface area contributed by atoms with Gasteiger partial charge in [0.05, 0.1) is 18.4 Å². The molecule has 1 heterocycles. The number of carbonyl (C=O) groups excluding carboxylic acids is 2. The molecule has 2 aromatic rings. The molecule has 0 bridgehead atoms. The summed E-state index contributed by atoms with van der Waals surface area (Å²) < 4.78 is 5.20. The molecule has 0 spiro atoms. The summed E-state index contributed by atoms with van der Waals surface area (Å²) in [7, 11) is 1.59. The van der Waals surface area contributed by atoms with Gasteiger partial charge >= 0.3 is 0 Å². The third-order valence-electron chi connectivity index (χ3n) is 6.19. The van der Waals surface area contributed by atoms with Crippen LogP contribution in [0.1, 0.15) is 61.9 Å². The van der Waals surface area contributed by atoms with Crippen LogP contribution in [-0.2, 0) is 14.3 Å². The van der Waals surface area contributed by atoms with Crippen molar-refractivity contribution in [3.05, 3.63) is 69.7 Å². The Hall–Kier alpha value is -2.70. The van der Waals surface area contributed by atoms with Gasteiger partial charge in [-0.1, -0.05) is 56.6 Å². The SMILES string of the molecule is COCCN(CC(=O)N1N=C(c2ccc(C)c(C)c2)C[C@@H]1c1ccc(Cl)cc1)C(=O)CC(C)(C)C. The fourth-order valence-electron chi connectivity index (χ4n) is 4.07. The first-order valence-corrected chi connectivity index (χ1v) is 12.4. The second-order valence-corrected chi connectivity index (χ2v) is 10.8. The smallest absolute Gasteiger partial charge is 0.262 e. The predicted octanol–water partition coefficient (Wildman–Crippen LogP) is 5.55. The molecule has 188 valence electrons. The number of nitrogens with zero attached hydrogens (tertiary/aromatic N) is 3. The van der Waals surface area contributed by atoms with E-state index in [0.29, 0.717) is 31.0 Å². The highest BCUT2D eigenvalue weighted by Gasteiger charge is 2.34. The molecule has 0 aromatic heterocycles. The summed E-state index contributed by atoms with van der Waals surface area (Å²) >= 11 is 6.11. The number of aryl methyl sites for hydroxylation is 2. The zero-order chi connectivity index (χ0) is 25.8. The van der Waals surface area contributed by atoms with E-state index in [1.54, 1.807) is 12.0 Å². The average Bonchev–Trinajstić information content (AvgIpc) is 3.23. The molecule has 0 unspecified atom stereocenters. The highest BCUT2D eigenvalue weighted by atomic mass is 35.5. The zero-order valence-electron chi connectivity index (χ0n) is 21.6.